The van der Waals surface area contributed by atoms with Gasteiger partial charge in [-0.25, -0.2) is 13.4 Å². The second-order valence-corrected chi connectivity index (χ2v) is 7.25. The number of nitrogen functional groups attached to an aromatic ring is 1. The van der Waals surface area contributed by atoms with E-state index >= 15 is 0 Å². The molecule has 2 aromatic rings. The van der Waals surface area contributed by atoms with E-state index in [1.54, 1.807) is 7.05 Å². The van der Waals surface area contributed by atoms with Crippen LogP contribution >= 0.6 is 11.3 Å². The molecule has 2 rings (SSSR count). The predicted molar refractivity (Wildman–Crippen MR) is 83.6 cm³/mol. The van der Waals surface area contributed by atoms with Crippen molar-refractivity contribution < 1.29 is 13.2 Å². The number of anilines is 3. The number of carbonyl (C=O) groups excluding carboxylic acids is 1. The van der Waals surface area contributed by atoms with E-state index in [4.69, 9.17) is 5.73 Å². The molecule has 0 bridgehead atoms. The van der Waals surface area contributed by atoms with Gasteiger partial charge in [-0.1, -0.05) is 11.3 Å². The van der Waals surface area contributed by atoms with Gasteiger partial charge in [-0.2, -0.15) is 0 Å². The highest BCUT2D eigenvalue weighted by molar-refractivity contribution is 7.90. The summed E-state index contributed by atoms with van der Waals surface area (Å²) in [6.07, 6.45) is 1.12. The number of nitrogens with zero attached hydrogens (tertiary/aromatic N) is 1. The molecule has 0 aliphatic rings. The average Bonchev–Trinajstić information content (AvgIpc) is 2.80. The molecule has 112 valence electrons. The maximum Gasteiger partial charge on any atom is 0.269 e. The van der Waals surface area contributed by atoms with Crippen LogP contribution < -0.4 is 16.4 Å². The van der Waals surface area contributed by atoms with E-state index in [2.05, 4.69) is 15.6 Å². The van der Waals surface area contributed by atoms with Crippen molar-refractivity contribution in [3.8, 4) is 0 Å². The molecule has 21 heavy (non-hydrogen) atoms. The van der Waals surface area contributed by atoms with E-state index in [1.807, 2.05) is 0 Å². The Morgan fingerprint density at radius 3 is 2.38 bits per heavy atom. The van der Waals surface area contributed by atoms with Gasteiger partial charge in [0.25, 0.3) is 5.91 Å². The lowest BCUT2D eigenvalue weighted by Crippen LogP contribution is -2.12. The Kier molecular flexibility index (Phi) is 4.14. The quantitative estimate of drug-likeness (QED) is 0.783. The van der Waals surface area contributed by atoms with Crippen molar-refractivity contribution in [3.05, 3.63) is 29.1 Å². The molecule has 0 saturated carbocycles. The van der Waals surface area contributed by atoms with Gasteiger partial charge < -0.3 is 16.4 Å². The number of amides is 1. The first kappa shape index (κ1) is 15.3. The fourth-order valence-electron chi connectivity index (χ4n) is 1.57. The lowest BCUT2D eigenvalue weighted by Gasteiger charge is -2.05. The number of carbonyl (C=O) groups is 1. The van der Waals surface area contributed by atoms with Crippen LogP contribution in [0.15, 0.2) is 29.2 Å². The van der Waals surface area contributed by atoms with Crippen LogP contribution in [0.25, 0.3) is 0 Å². The van der Waals surface area contributed by atoms with Crippen molar-refractivity contribution in [1.82, 2.24) is 4.98 Å². The topological polar surface area (TPSA) is 114 Å². The molecule has 1 aromatic carbocycles. The SMILES string of the molecule is CNc1nc(N)c(C(=O)Nc2ccc(S(C)(=O)=O)cc2)s1. The molecule has 7 nitrogen and oxygen atoms in total. The van der Waals surface area contributed by atoms with Crippen molar-refractivity contribution in [2.24, 2.45) is 0 Å². The summed E-state index contributed by atoms with van der Waals surface area (Å²) in [5, 5.41) is 6.00. The highest BCUT2D eigenvalue weighted by atomic mass is 32.2. The Morgan fingerprint density at radius 2 is 1.90 bits per heavy atom. The molecule has 0 radical (unpaired) electrons. The number of thiazole rings is 1. The zero-order chi connectivity index (χ0) is 15.6. The van der Waals surface area contributed by atoms with Crippen LogP contribution in [-0.4, -0.2) is 32.6 Å². The van der Waals surface area contributed by atoms with E-state index in [9.17, 15) is 13.2 Å². The summed E-state index contributed by atoms with van der Waals surface area (Å²) < 4.78 is 22.7. The van der Waals surface area contributed by atoms with Crippen LogP contribution in [0.1, 0.15) is 9.67 Å². The lowest BCUT2D eigenvalue weighted by atomic mass is 10.3. The number of hydrogen-bond acceptors (Lipinski definition) is 7. The van der Waals surface area contributed by atoms with Gasteiger partial charge in [0.05, 0.1) is 4.90 Å². The summed E-state index contributed by atoms with van der Waals surface area (Å²) in [5.41, 5.74) is 6.15. The summed E-state index contributed by atoms with van der Waals surface area (Å²) >= 11 is 1.14. The van der Waals surface area contributed by atoms with Crippen LogP contribution in [0.3, 0.4) is 0 Å². The predicted octanol–water partition coefficient (Wildman–Crippen LogP) is 1.42. The van der Waals surface area contributed by atoms with Crippen molar-refractivity contribution in [2.45, 2.75) is 4.90 Å². The standard InChI is InChI=1S/C12H14N4O3S2/c1-14-12-16-10(13)9(20-12)11(17)15-7-3-5-8(6-4-7)21(2,18)19/h3-6H,13H2,1-2H3,(H,14,16)(H,15,17). The Labute approximate surface area is 126 Å². The number of nitrogens with two attached hydrogens (primary N) is 1. The maximum absolute atomic E-state index is 12.1. The summed E-state index contributed by atoms with van der Waals surface area (Å²) in [6.45, 7) is 0. The van der Waals surface area contributed by atoms with Gasteiger partial charge in [0.1, 0.15) is 10.7 Å². The number of hydrogen-bond donors (Lipinski definition) is 3. The Bertz CT molecular complexity index is 766. The number of sulfone groups is 1. The van der Waals surface area contributed by atoms with E-state index in [0.717, 1.165) is 17.6 Å². The number of nitrogens with one attached hydrogen (secondary N) is 2. The van der Waals surface area contributed by atoms with Gasteiger partial charge in [-0.15, -0.1) is 0 Å². The normalized spacial score (nSPS) is 11.1. The highest BCUT2D eigenvalue weighted by Gasteiger charge is 2.16. The molecule has 0 unspecified atom stereocenters. The Balaban J connectivity index is 2.18. The van der Waals surface area contributed by atoms with Gasteiger partial charge in [-0.3, -0.25) is 4.79 Å². The van der Waals surface area contributed by atoms with Crippen LogP contribution in [0.2, 0.25) is 0 Å². The van der Waals surface area contributed by atoms with Gasteiger partial charge in [0.15, 0.2) is 15.0 Å². The second-order valence-electron chi connectivity index (χ2n) is 4.23. The summed E-state index contributed by atoms with van der Waals surface area (Å²) in [6, 6.07) is 5.90. The molecule has 0 spiro atoms. The molecule has 4 N–H and O–H groups in total. The molecular formula is C12H14N4O3S2. The molecule has 0 atom stereocenters. The number of rotatable bonds is 4. The average molecular weight is 326 g/mol. The molecule has 0 fully saturated rings. The van der Waals surface area contributed by atoms with Gasteiger partial charge in [0.2, 0.25) is 0 Å². The zero-order valence-electron chi connectivity index (χ0n) is 11.4. The van der Waals surface area contributed by atoms with Crippen LogP contribution in [-0.2, 0) is 9.84 Å². The third-order valence-corrected chi connectivity index (χ3v) is 4.83. The van der Waals surface area contributed by atoms with Crippen molar-refractivity contribution in [3.63, 3.8) is 0 Å². The fraction of sp³-hybridized carbons (Fsp3) is 0.167. The van der Waals surface area contributed by atoms with E-state index in [-0.39, 0.29) is 10.7 Å². The van der Waals surface area contributed by atoms with Crippen LogP contribution in [0, 0.1) is 0 Å². The molecule has 1 aromatic heterocycles. The Morgan fingerprint density at radius 1 is 1.29 bits per heavy atom. The molecule has 9 heteroatoms. The van der Waals surface area contributed by atoms with Crippen molar-refractivity contribution in [2.75, 3.05) is 29.7 Å². The summed E-state index contributed by atoms with van der Waals surface area (Å²) in [4.78, 5) is 16.6. The smallest absolute Gasteiger partial charge is 0.269 e. The van der Waals surface area contributed by atoms with Gasteiger partial charge in [-0.05, 0) is 24.3 Å². The minimum Gasteiger partial charge on any atom is -0.382 e. The summed E-state index contributed by atoms with van der Waals surface area (Å²) in [7, 11) is -1.57. The zero-order valence-corrected chi connectivity index (χ0v) is 13.0. The fourth-order valence-corrected chi connectivity index (χ4v) is 2.94. The first-order chi connectivity index (χ1) is 9.81. The van der Waals surface area contributed by atoms with Crippen molar-refractivity contribution in [1.29, 1.82) is 0 Å². The molecule has 1 heterocycles. The summed E-state index contributed by atoms with van der Waals surface area (Å²) in [5.74, 6) is -0.242. The number of benzene rings is 1. The third-order valence-electron chi connectivity index (χ3n) is 2.61. The van der Waals surface area contributed by atoms with Crippen molar-refractivity contribution >= 4 is 43.7 Å². The minimum absolute atomic E-state index is 0.148. The molecular weight excluding hydrogens is 312 g/mol. The molecule has 1 amide bonds. The monoisotopic (exact) mass is 326 g/mol. The van der Waals surface area contributed by atoms with Gasteiger partial charge in [0, 0.05) is 19.0 Å². The first-order valence-electron chi connectivity index (χ1n) is 5.87. The third kappa shape index (κ3) is 3.50. The van der Waals surface area contributed by atoms with E-state index < -0.39 is 15.7 Å². The van der Waals surface area contributed by atoms with Gasteiger partial charge >= 0.3 is 0 Å². The lowest BCUT2D eigenvalue weighted by molar-refractivity contribution is 0.103. The maximum atomic E-state index is 12.1. The van der Waals surface area contributed by atoms with Crippen LogP contribution in [0.4, 0.5) is 16.6 Å². The van der Waals surface area contributed by atoms with Crippen LogP contribution in [0.5, 0.6) is 0 Å². The molecule has 0 aliphatic carbocycles. The largest absolute Gasteiger partial charge is 0.382 e. The first-order valence-corrected chi connectivity index (χ1v) is 8.57. The molecule has 0 aliphatic heterocycles. The van der Waals surface area contributed by atoms with E-state index in [0.29, 0.717) is 15.7 Å². The number of aromatic nitrogens is 1. The second kappa shape index (κ2) is 5.70. The highest BCUT2D eigenvalue weighted by Crippen LogP contribution is 2.25. The Hall–Kier alpha value is -2.13. The van der Waals surface area contributed by atoms with E-state index in [1.165, 1.54) is 24.3 Å². The molecule has 0 saturated heterocycles. The minimum atomic E-state index is -3.26.